The molecule has 0 radical (unpaired) electrons. The minimum absolute atomic E-state index is 0.817. The third-order valence-electron chi connectivity index (χ3n) is 1.98. The average molecular weight is 208 g/mol. The van der Waals surface area contributed by atoms with E-state index in [2.05, 4.69) is 22.3 Å². The Morgan fingerprint density at radius 2 is 1.86 bits per heavy atom. The third-order valence-corrected chi connectivity index (χ3v) is 2.36. The summed E-state index contributed by atoms with van der Waals surface area (Å²) in [6.07, 6.45) is 0. The van der Waals surface area contributed by atoms with Crippen molar-refractivity contribution in [3.8, 4) is 0 Å². The second-order valence-electron chi connectivity index (χ2n) is 3.30. The van der Waals surface area contributed by atoms with Crippen LogP contribution >= 0.6 is 12.2 Å². The lowest BCUT2D eigenvalue weighted by Crippen LogP contribution is -2.21. The van der Waals surface area contributed by atoms with E-state index >= 15 is 0 Å². The normalized spacial score (nSPS) is 9.64. The molecule has 14 heavy (non-hydrogen) atoms. The third kappa shape index (κ3) is 2.70. The van der Waals surface area contributed by atoms with Gasteiger partial charge in [-0.2, -0.15) is 0 Å². The van der Waals surface area contributed by atoms with Gasteiger partial charge >= 0.3 is 0 Å². The van der Waals surface area contributed by atoms with Crippen LogP contribution in [0.15, 0.2) is 24.3 Å². The summed E-state index contributed by atoms with van der Waals surface area (Å²) < 4.78 is 0. The molecule has 0 heterocycles. The van der Waals surface area contributed by atoms with Crippen LogP contribution in [0.1, 0.15) is 12.5 Å². The van der Waals surface area contributed by atoms with E-state index < -0.39 is 0 Å². The van der Waals surface area contributed by atoms with E-state index in [9.17, 15) is 0 Å². The molecule has 1 rings (SSSR count). The van der Waals surface area contributed by atoms with Gasteiger partial charge in [-0.1, -0.05) is 12.2 Å². The standard InChI is InChI=1S/C11H16N2S/c1-4-12-11(14)9-5-7-10(8-6-9)13(2)3/h5-8H,4H2,1-3H3,(H,12,14). The van der Waals surface area contributed by atoms with E-state index in [0.29, 0.717) is 0 Å². The predicted molar refractivity (Wildman–Crippen MR) is 66.1 cm³/mol. The highest BCUT2D eigenvalue weighted by Crippen LogP contribution is 2.12. The summed E-state index contributed by atoms with van der Waals surface area (Å²) in [6.45, 7) is 2.91. The molecule has 0 aliphatic carbocycles. The van der Waals surface area contributed by atoms with Crippen molar-refractivity contribution >= 4 is 22.9 Å². The molecule has 3 heteroatoms. The molecule has 76 valence electrons. The molecule has 0 saturated carbocycles. The van der Waals surface area contributed by atoms with E-state index in [0.717, 1.165) is 17.1 Å². The van der Waals surface area contributed by atoms with Crippen LogP contribution in [-0.4, -0.2) is 25.6 Å². The topological polar surface area (TPSA) is 15.3 Å². The Morgan fingerprint density at radius 3 is 2.29 bits per heavy atom. The first-order chi connectivity index (χ1) is 6.65. The van der Waals surface area contributed by atoms with Gasteiger partial charge in [-0.05, 0) is 31.2 Å². The van der Waals surface area contributed by atoms with Crippen LogP contribution < -0.4 is 10.2 Å². The Bertz CT molecular complexity index is 304. The van der Waals surface area contributed by atoms with Crippen molar-refractivity contribution in [3.05, 3.63) is 29.8 Å². The van der Waals surface area contributed by atoms with Crippen LogP contribution in [0.25, 0.3) is 0 Å². The van der Waals surface area contributed by atoms with E-state index in [1.54, 1.807) is 0 Å². The summed E-state index contributed by atoms with van der Waals surface area (Å²) >= 11 is 5.20. The Balaban J connectivity index is 2.78. The van der Waals surface area contributed by atoms with Gasteiger partial charge in [0.1, 0.15) is 4.99 Å². The second kappa shape index (κ2) is 4.96. The van der Waals surface area contributed by atoms with Gasteiger partial charge in [0.25, 0.3) is 0 Å². The van der Waals surface area contributed by atoms with Crippen molar-refractivity contribution in [2.24, 2.45) is 0 Å². The molecule has 2 nitrogen and oxygen atoms in total. The van der Waals surface area contributed by atoms with Gasteiger partial charge in [-0.25, -0.2) is 0 Å². The van der Waals surface area contributed by atoms with Crippen molar-refractivity contribution < 1.29 is 0 Å². The lowest BCUT2D eigenvalue weighted by atomic mass is 10.2. The minimum Gasteiger partial charge on any atom is -0.378 e. The molecule has 0 unspecified atom stereocenters. The van der Waals surface area contributed by atoms with Crippen molar-refractivity contribution in [3.63, 3.8) is 0 Å². The van der Waals surface area contributed by atoms with Crippen LogP contribution in [0.4, 0.5) is 5.69 Å². The van der Waals surface area contributed by atoms with E-state index in [1.807, 2.05) is 33.2 Å². The lowest BCUT2D eigenvalue weighted by Gasteiger charge is -2.13. The number of thiocarbonyl (C=S) groups is 1. The van der Waals surface area contributed by atoms with E-state index in [-0.39, 0.29) is 0 Å². The maximum absolute atomic E-state index is 5.20. The smallest absolute Gasteiger partial charge is 0.106 e. The van der Waals surface area contributed by atoms with Crippen LogP contribution in [0, 0.1) is 0 Å². The number of hydrogen-bond acceptors (Lipinski definition) is 2. The molecular formula is C11H16N2S. The number of nitrogens with one attached hydrogen (secondary N) is 1. The van der Waals surface area contributed by atoms with Crippen molar-refractivity contribution in [2.45, 2.75) is 6.92 Å². The molecule has 0 saturated heterocycles. The van der Waals surface area contributed by atoms with Crippen molar-refractivity contribution in [1.82, 2.24) is 5.32 Å². The van der Waals surface area contributed by atoms with Crippen molar-refractivity contribution in [1.29, 1.82) is 0 Å². The molecule has 0 fully saturated rings. The summed E-state index contributed by atoms with van der Waals surface area (Å²) in [5.74, 6) is 0. The Kier molecular flexibility index (Phi) is 3.89. The van der Waals surface area contributed by atoms with Gasteiger partial charge < -0.3 is 10.2 Å². The van der Waals surface area contributed by atoms with Gasteiger partial charge in [-0.15, -0.1) is 0 Å². The quantitative estimate of drug-likeness (QED) is 0.765. The molecule has 0 aliphatic heterocycles. The SMILES string of the molecule is CCNC(=S)c1ccc(N(C)C)cc1. The molecule has 0 aliphatic rings. The number of benzene rings is 1. The van der Waals surface area contributed by atoms with Gasteiger partial charge in [-0.3, -0.25) is 0 Å². The zero-order chi connectivity index (χ0) is 10.6. The Hall–Kier alpha value is -1.09. The summed E-state index contributed by atoms with van der Waals surface area (Å²) in [5.41, 5.74) is 2.26. The molecule has 0 amide bonds. The minimum atomic E-state index is 0.817. The molecule has 1 N–H and O–H groups in total. The first-order valence-corrected chi connectivity index (χ1v) is 5.11. The zero-order valence-corrected chi connectivity index (χ0v) is 9.69. The van der Waals surface area contributed by atoms with Crippen molar-refractivity contribution in [2.75, 3.05) is 25.5 Å². The Morgan fingerprint density at radius 1 is 1.29 bits per heavy atom. The summed E-state index contributed by atoms with van der Waals surface area (Å²) in [6, 6.07) is 8.22. The fourth-order valence-corrected chi connectivity index (χ4v) is 1.45. The largest absolute Gasteiger partial charge is 0.378 e. The van der Waals surface area contributed by atoms with Crippen LogP contribution in [0.2, 0.25) is 0 Å². The first-order valence-electron chi connectivity index (χ1n) is 4.70. The number of rotatable bonds is 3. The predicted octanol–water partition coefficient (Wildman–Crippen LogP) is 2.04. The zero-order valence-electron chi connectivity index (χ0n) is 8.87. The van der Waals surface area contributed by atoms with E-state index in [1.165, 1.54) is 5.69 Å². The molecule has 1 aromatic rings. The first kappa shape index (κ1) is 11.0. The summed E-state index contributed by atoms with van der Waals surface area (Å²) in [7, 11) is 4.05. The maximum Gasteiger partial charge on any atom is 0.106 e. The highest BCUT2D eigenvalue weighted by atomic mass is 32.1. The van der Waals surface area contributed by atoms with Crippen LogP contribution in [0.3, 0.4) is 0 Å². The molecule has 0 bridgehead atoms. The fraction of sp³-hybridized carbons (Fsp3) is 0.364. The monoisotopic (exact) mass is 208 g/mol. The van der Waals surface area contributed by atoms with Crippen LogP contribution in [0.5, 0.6) is 0 Å². The maximum atomic E-state index is 5.20. The average Bonchev–Trinajstić information content (AvgIpc) is 2.18. The number of nitrogens with zero attached hydrogens (tertiary/aromatic N) is 1. The molecule has 0 atom stereocenters. The molecule has 1 aromatic carbocycles. The highest BCUT2D eigenvalue weighted by Gasteiger charge is 1.99. The highest BCUT2D eigenvalue weighted by molar-refractivity contribution is 7.80. The summed E-state index contributed by atoms with van der Waals surface area (Å²) in [5, 5.41) is 3.13. The Labute approximate surface area is 90.9 Å². The van der Waals surface area contributed by atoms with E-state index in [4.69, 9.17) is 12.2 Å². The van der Waals surface area contributed by atoms with Gasteiger partial charge in [0.05, 0.1) is 0 Å². The molecule has 0 spiro atoms. The fourth-order valence-electron chi connectivity index (χ4n) is 1.17. The molecular weight excluding hydrogens is 192 g/mol. The van der Waals surface area contributed by atoms with Crippen LogP contribution in [-0.2, 0) is 0 Å². The van der Waals surface area contributed by atoms with Gasteiger partial charge in [0.2, 0.25) is 0 Å². The lowest BCUT2D eigenvalue weighted by molar-refractivity contribution is 0.982. The summed E-state index contributed by atoms with van der Waals surface area (Å²) in [4.78, 5) is 2.89. The van der Waals surface area contributed by atoms with Gasteiger partial charge in [0, 0.05) is 31.9 Å². The molecule has 0 aromatic heterocycles. The second-order valence-corrected chi connectivity index (χ2v) is 3.71. The number of anilines is 1. The van der Waals surface area contributed by atoms with Gasteiger partial charge in [0.15, 0.2) is 0 Å². The number of hydrogen-bond donors (Lipinski definition) is 1.